The fourth-order valence-electron chi connectivity index (χ4n) is 5.19. The molecule has 4 rings (SSSR count). The average molecular weight is 514 g/mol. The first-order valence-electron chi connectivity index (χ1n) is 12.6. The van der Waals surface area contributed by atoms with Crippen LogP contribution >= 0.6 is 0 Å². The number of anilines is 2. The molecular weight excluding hydrogens is 483 g/mol. The van der Waals surface area contributed by atoms with Crippen molar-refractivity contribution < 1.29 is 27.9 Å². The summed E-state index contributed by atoms with van der Waals surface area (Å²) in [6, 6.07) is 13.8. The van der Waals surface area contributed by atoms with E-state index in [0.29, 0.717) is 28.9 Å². The number of hydrogen-bond donors (Lipinski definition) is 2. The number of carboxylic acids is 1. The Labute approximate surface area is 214 Å². The number of aliphatic carboxylic acids is 1. The molecule has 37 heavy (non-hydrogen) atoms. The highest BCUT2D eigenvalue weighted by molar-refractivity contribution is 5.96. The third kappa shape index (κ3) is 7.03. The van der Waals surface area contributed by atoms with Gasteiger partial charge in [0.2, 0.25) is 5.91 Å². The van der Waals surface area contributed by atoms with Crippen molar-refractivity contribution in [2.45, 2.75) is 69.5 Å². The van der Waals surface area contributed by atoms with Gasteiger partial charge in [0.05, 0.1) is 41.8 Å². The van der Waals surface area contributed by atoms with Crippen molar-refractivity contribution in [2.24, 2.45) is 5.92 Å². The van der Waals surface area contributed by atoms with E-state index >= 15 is 0 Å². The number of halogens is 3. The van der Waals surface area contributed by atoms with Crippen molar-refractivity contribution in [3.8, 4) is 6.07 Å². The van der Waals surface area contributed by atoms with Crippen LogP contribution < -0.4 is 10.2 Å². The molecule has 2 aromatic carbocycles. The molecule has 9 heteroatoms. The predicted octanol–water partition coefficient (Wildman–Crippen LogP) is 6.02. The first kappa shape index (κ1) is 26.5. The number of benzene rings is 2. The number of amides is 1. The maximum atomic E-state index is 13.2. The number of carbonyl (C=O) groups excluding carboxylic acids is 1. The Kier molecular flexibility index (Phi) is 8.06. The normalized spacial score (nSPS) is 19.6. The van der Waals surface area contributed by atoms with Gasteiger partial charge in [-0.15, -0.1) is 0 Å². The van der Waals surface area contributed by atoms with Crippen molar-refractivity contribution >= 4 is 23.3 Å². The minimum atomic E-state index is -4.31. The Morgan fingerprint density at radius 1 is 1.08 bits per heavy atom. The highest BCUT2D eigenvalue weighted by Gasteiger charge is 2.44. The van der Waals surface area contributed by atoms with E-state index in [9.17, 15) is 27.9 Å². The number of rotatable bonds is 9. The zero-order valence-electron chi connectivity index (χ0n) is 20.4. The fraction of sp³-hybridized carbons (Fsp3) is 0.464. The lowest BCUT2D eigenvalue weighted by Gasteiger charge is -2.37. The fourth-order valence-corrected chi connectivity index (χ4v) is 5.19. The first-order chi connectivity index (χ1) is 17.6. The maximum Gasteiger partial charge on any atom is 0.390 e. The molecule has 0 aliphatic heterocycles. The van der Waals surface area contributed by atoms with Gasteiger partial charge in [-0.25, -0.2) is 0 Å². The Morgan fingerprint density at radius 3 is 2.38 bits per heavy atom. The number of carboxylic acid groups (broad SMARTS) is 1. The zero-order chi connectivity index (χ0) is 26.6. The van der Waals surface area contributed by atoms with E-state index in [1.807, 2.05) is 6.07 Å². The lowest BCUT2D eigenvalue weighted by Crippen LogP contribution is -2.39. The van der Waals surface area contributed by atoms with Gasteiger partial charge in [-0.3, -0.25) is 9.59 Å². The molecule has 2 fully saturated rings. The standard InChI is InChI=1S/C28H30F3N3O3/c29-28(30,31)12-13-34(21-4-2-1-3-5-21)25-11-10-20(22-16-23(22)27(36)37)15-24(25)33-26(35)14-18-6-8-19(17-32)9-7-18/h6-11,15,21-23H,1-5,12-14,16H2,(H,33,35)(H,36,37). The minimum absolute atomic E-state index is 0.0303. The third-order valence-corrected chi connectivity index (χ3v) is 7.24. The summed E-state index contributed by atoms with van der Waals surface area (Å²) in [4.78, 5) is 26.2. The average Bonchev–Trinajstić information content (AvgIpc) is 3.67. The predicted molar refractivity (Wildman–Crippen MR) is 133 cm³/mol. The van der Waals surface area contributed by atoms with Gasteiger partial charge in [-0.2, -0.15) is 18.4 Å². The van der Waals surface area contributed by atoms with Gasteiger partial charge in [0, 0.05) is 12.6 Å². The summed E-state index contributed by atoms with van der Waals surface area (Å²) in [5.74, 6) is -1.89. The molecule has 2 unspecified atom stereocenters. The van der Waals surface area contributed by atoms with Gasteiger partial charge in [0.1, 0.15) is 0 Å². The molecule has 2 aliphatic carbocycles. The molecule has 2 aromatic rings. The van der Waals surface area contributed by atoms with Crippen molar-refractivity contribution in [3.63, 3.8) is 0 Å². The van der Waals surface area contributed by atoms with Crippen LogP contribution in [0.25, 0.3) is 0 Å². The minimum Gasteiger partial charge on any atom is -0.481 e. The molecule has 6 nitrogen and oxygen atoms in total. The summed E-state index contributed by atoms with van der Waals surface area (Å²) >= 11 is 0. The first-order valence-corrected chi connectivity index (χ1v) is 12.6. The molecule has 0 radical (unpaired) electrons. The monoisotopic (exact) mass is 513 g/mol. The maximum absolute atomic E-state index is 13.2. The van der Waals surface area contributed by atoms with Crippen molar-refractivity contribution in [3.05, 3.63) is 59.2 Å². The van der Waals surface area contributed by atoms with E-state index in [2.05, 4.69) is 5.32 Å². The second-order valence-corrected chi connectivity index (χ2v) is 9.95. The molecule has 0 aromatic heterocycles. The van der Waals surface area contributed by atoms with Crippen LogP contribution in [-0.4, -0.2) is 35.7 Å². The topological polar surface area (TPSA) is 93.4 Å². The van der Waals surface area contributed by atoms with Crippen LogP contribution in [0, 0.1) is 17.2 Å². The summed E-state index contributed by atoms with van der Waals surface area (Å²) in [5.41, 5.74) is 2.86. The van der Waals surface area contributed by atoms with Gasteiger partial charge in [-0.05, 0) is 60.6 Å². The Morgan fingerprint density at radius 2 is 1.78 bits per heavy atom. The molecule has 2 aliphatic rings. The Bertz CT molecular complexity index is 1170. The smallest absolute Gasteiger partial charge is 0.390 e. The summed E-state index contributed by atoms with van der Waals surface area (Å²) < 4.78 is 39.7. The summed E-state index contributed by atoms with van der Waals surface area (Å²) in [5, 5.41) is 21.2. The van der Waals surface area contributed by atoms with Gasteiger partial charge in [0.15, 0.2) is 0 Å². The number of carbonyl (C=O) groups is 2. The molecule has 2 saturated carbocycles. The molecule has 0 spiro atoms. The Balaban J connectivity index is 1.63. The number of alkyl halides is 3. The number of nitrogens with one attached hydrogen (secondary N) is 1. The number of nitrogens with zero attached hydrogens (tertiary/aromatic N) is 2. The molecule has 1 amide bonds. The van der Waals surface area contributed by atoms with E-state index in [0.717, 1.165) is 37.7 Å². The van der Waals surface area contributed by atoms with E-state index in [1.165, 1.54) is 0 Å². The second-order valence-electron chi connectivity index (χ2n) is 9.95. The van der Waals surface area contributed by atoms with Crippen molar-refractivity contribution in [1.29, 1.82) is 5.26 Å². The van der Waals surface area contributed by atoms with Crippen LogP contribution in [0.4, 0.5) is 24.5 Å². The zero-order valence-corrected chi connectivity index (χ0v) is 20.4. The van der Waals surface area contributed by atoms with E-state index in [4.69, 9.17) is 5.26 Å². The molecule has 0 bridgehead atoms. The number of hydrogen-bond acceptors (Lipinski definition) is 4. The Hall–Kier alpha value is -3.54. The van der Waals surface area contributed by atoms with Gasteiger partial charge in [-0.1, -0.05) is 37.5 Å². The largest absolute Gasteiger partial charge is 0.481 e. The molecule has 0 saturated heterocycles. The quantitative estimate of drug-likeness (QED) is 0.428. The van der Waals surface area contributed by atoms with Crippen LogP contribution in [0.2, 0.25) is 0 Å². The summed E-state index contributed by atoms with van der Waals surface area (Å²) in [6.45, 7) is -0.215. The van der Waals surface area contributed by atoms with Gasteiger partial charge < -0.3 is 15.3 Å². The van der Waals surface area contributed by atoms with Gasteiger partial charge >= 0.3 is 12.1 Å². The lowest BCUT2D eigenvalue weighted by molar-refractivity contribution is -0.138. The molecule has 196 valence electrons. The van der Waals surface area contributed by atoms with Crippen molar-refractivity contribution in [1.82, 2.24) is 0 Å². The molecular formula is C28H30F3N3O3. The van der Waals surface area contributed by atoms with E-state index < -0.39 is 24.5 Å². The second kappa shape index (κ2) is 11.2. The van der Waals surface area contributed by atoms with Crippen molar-refractivity contribution in [2.75, 3.05) is 16.8 Å². The van der Waals surface area contributed by atoms with Crippen LogP contribution in [0.1, 0.15) is 67.6 Å². The lowest BCUT2D eigenvalue weighted by atomic mass is 9.93. The van der Waals surface area contributed by atoms with E-state index in [-0.39, 0.29) is 30.8 Å². The van der Waals surface area contributed by atoms with Crippen LogP contribution in [0.15, 0.2) is 42.5 Å². The SMILES string of the molecule is N#Cc1ccc(CC(=O)Nc2cc(C3CC3C(=O)O)ccc2N(CCC(F)(F)F)C2CCCCC2)cc1. The summed E-state index contributed by atoms with van der Waals surface area (Å²) in [6.07, 6.45) is -0.265. The third-order valence-electron chi connectivity index (χ3n) is 7.24. The summed E-state index contributed by atoms with van der Waals surface area (Å²) in [7, 11) is 0. The van der Waals surface area contributed by atoms with Gasteiger partial charge in [0.25, 0.3) is 0 Å². The highest BCUT2D eigenvalue weighted by atomic mass is 19.4. The van der Waals surface area contributed by atoms with E-state index in [1.54, 1.807) is 47.4 Å². The highest BCUT2D eigenvalue weighted by Crippen LogP contribution is 2.49. The van der Waals surface area contributed by atoms with Crippen LogP contribution in [0.3, 0.4) is 0 Å². The number of nitriles is 1. The molecule has 2 N–H and O–H groups in total. The van der Waals surface area contributed by atoms with Crippen LogP contribution in [0.5, 0.6) is 0 Å². The van der Waals surface area contributed by atoms with Crippen LogP contribution in [-0.2, 0) is 16.0 Å². The molecule has 0 heterocycles. The molecule has 2 atom stereocenters.